The third-order valence-electron chi connectivity index (χ3n) is 6.33. The monoisotopic (exact) mass is 513 g/mol. The molecule has 0 saturated carbocycles. The average molecular weight is 514 g/mol. The van der Waals surface area contributed by atoms with Gasteiger partial charge in [-0.2, -0.15) is 0 Å². The van der Waals surface area contributed by atoms with Crippen molar-refractivity contribution in [2.24, 2.45) is 16.2 Å². The van der Waals surface area contributed by atoms with Gasteiger partial charge in [-0.1, -0.05) is 0 Å². The third-order valence-corrected chi connectivity index (χ3v) is 10.1. The van der Waals surface area contributed by atoms with E-state index < -0.39 is 17.9 Å². The molecule has 0 rings (SSSR count). The number of rotatable bonds is 18. The molecule has 0 bridgehead atoms. The summed E-state index contributed by atoms with van der Waals surface area (Å²) in [5.74, 6) is 0. The van der Waals surface area contributed by atoms with Crippen molar-refractivity contribution in [1.82, 2.24) is 0 Å². The summed E-state index contributed by atoms with van der Waals surface area (Å²) in [7, 11) is 0. The zero-order valence-electron chi connectivity index (χ0n) is 24.3. The maximum atomic E-state index is 13.1. The molecular weight excluding hydrogens is 456 g/mol. The summed E-state index contributed by atoms with van der Waals surface area (Å²) in [6.07, 6.45) is 13.6. The predicted molar refractivity (Wildman–Crippen MR) is 143 cm³/mol. The zero-order chi connectivity index (χ0) is 26.4. The van der Waals surface area contributed by atoms with E-state index in [9.17, 15) is 14.4 Å². The minimum atomic E-state index is -3.02. The molecule has 0 heterocycles. The molecule has 199 valence electrons. The Kier molecular flexibility index (Phi) is 16.3. The number of hydrogen-bond acceptors (Lipinski definition) is 3. The van der Waals surface area contributed by atoms with E-state index in [1.165, 1.54) is 0 Å². The van der Waals surface area contributed by atoms with Gasteiger partial charge in [0.2, 0.25) is 0 Å². The van der Waals surface area contributed by atoms with E-state index in [-0.39, 0.29) is 12.3 Å². The molecule has 0 atom stereocenters. The molecule has 0 aliphatic heterocycles. The van der Waals surface area contributed by atoms with Crippen molar-refractivity contribution < 1.29 is 32.3 Å². The van der Waals surface area contributed by atoms with Crippen molar-refractivity contribution >= 4 is 12.3 Å². The summed E-state index contributed by atoms with van der Waals surface area (Å²) in [4.78, 5) is 39.2. The second-order valence-corrected chi connectivity index (χ2v) is 17.8. The van der Waals surface area contributed by atoms with Crippen molar-refractivity contribution in [2.45, 2.75) is 159 Å². The van der Waals surface area contributed by atoms with E-state index in [4.69, 9.17) is 0 Å². The van der Waals surface area contributed by atoms with Crippen LogP contribution in [0.4, 0.5) is 0 Å². The van der Waals surface area contributed by atoms with Gasteiger partial charge in [-0.15, -0.1) is 0 Å². The van der Waals surface area contributed by atoms with Crippen LogP contribution in [-0.2, 0) is 32.3 Å². The Morgan fingerprint density at radius 1 is 0.412 bits per heavy atom. The van der Waals surface area contributed by atoms with Crippen molar-refractivity contribution in [1.29, 1.82) is 0 Å². The van der Waals surface area contributed by atoms with E-state index in [1.54, 1.807) is 0 Å². The fraction of sp³-hybridized carbons (Fsp3) is 0.900. The molecule has 0 unspecified atom stereocenters. The zero-order valence-corrected chi connectivity index (χ0v) is 25.9. The van der Waals surface area contributed by atoms with E-state index in [0.29, 0.717) is 35.5 Å². The van der Waals surface area contributed by atoms with Gasteiger partial charge in [0.1, 0.15) is 0 Å². The SMILES string of the molecule is CC(C)(C)CCCCC[C](=O)[Ti]([C](=O)CCCCCC(C)(C)C)[C](=O)CCCCCC(C)(C)C. The molecule has 4 heteroatoms. The summed E-state index contributed by atoms with van der Waals surface area (Å²) < 4.78 is 0.112. The van der Waals surface area contributed by atoms with Crippen LogP contribution in [0.15, 0.2) is 0 Å². The van der Waals surface area contributed by atoms with Crippen LogP contribution >= 0.6 is 0 Å². The molecule has 0 spiro atoms. The van der Waals surface area contributed by atoms with Crippen LogP contribution < -0.4 is 0 Å². The first-order valence-electron chi connectivity index (χ1n) is 14.0. The van der Waals surface area contributed by atoms with Crippen LogP contribution in [-0.4, -0.2) is 12.3 Å². The first kappa shape index (κ1) is 33.7. The molecule has 0 fully saturated rings. The fourth-order valence-electron chi connectivity index (χ4n) is 4.19. The number of carbonyl (C=O) groups excluding carboxylic acids is 3. The topological polar surface area (TPSA) is 51.2 Å². The Hall–Kier alpha value is -0.276. The van der Waals surface area contributed by atoms with Gasteiger partial charge in [0.25, 0.3) is 0 Å². The van der Waals surface area contributed by atoms with Gasteiger partial charge in [0.15, 0.2) is 0 Å². The molecule has 0 aromatic heterocycles. The first-order valence-corrected chi connectivity index (χ1v) is 16.3. The van der Waals surface area contributed by atoms with Gasteiger partial charge < -0.3 is 0 Å². The van der Waals surface area contributed by atoms with Gasteiger partial charge in [-0.25, -0.2) is 0 Å². The quantitative estimate of drug-likeness (QED) is 0.136. The van der Waals surface area contributed by atoms with Crippen LogP contribution in [0.2, 0.25) is 0 Å². The van der Waals surface area contributed by atoms with Gasteiger partial charge >= 0.3 is 219 Å². The number of carbonyl (C=O) groups is 3. The molecule has 0 N–H and O–H groups in total. The van der Waals surface area contributed by atoms with Gasteiger partial charge in [-0.05, 0) is 0 Å². The standard InChI is InChI=1S/3C10H19O.Ti/c3*1-10(2,3)8-6-4-5-7-9-11;/h3*4-8H2,1-3H3;. The molecule has 0 amide bonds. The maximum absolute atomic E-state index is 13.1. The van der Waals surface area contributed by atoms with Crippen molar-refractivity contribution in [3.05, 3.63) is 0 Å². The normalized spacial score (nSPS) is 12.6. The predicted octanol–water partition coefficient (Wildman–Crippen LogP) is 9.17. The second kappa shape index (κ2) is 16.5. The Labute approximate surface area is 218 Å². The molecule has 0 saturated heterocycles. The molecule has 0 aromatic rings. The molecule has 0 aliphatic carbocycles. The van der Waals surface area contributed by atoms with Crippen molar-refractivity contribution in [3.63, 3.8) is 0 Å². The van der Waals surface area contributed by atoms with Crippen molar-refractivity contribution in [3.8, 4) is 0 Å². The van der Waals surface area contributed by atoms with E-state index in [1.807, 2.05) is 0 Å². The Morgan fingerprint density at radius 2 is 0.647 bits per heavy atom. The van der Waals surface area contributed by atoms with Crippen LogP contribution in [0.5, 0.6) is 0 Å². The number of unbranched alkanes of at least 4 members (excludes halogenated alkanes) is 6. The Bertz CT molecular complexity index is 516. The van der Waals surface area contributed by atoms with Gasteiger partial charge in [-0.3, -0.25) is 0 Å². The van der Waals surface area contributed by atoms with Crippen molar-refractivity contribution in [2.75, 3.05) is 0 Å². The minimum absolute atomic E-state index is 0.0372. The summed E-state index contributed by atoms with van der Waals surface area (Å²) in [5, 5.41) is 0. The van der Waals surface area contributed by atoms with E-state index >= 15 is 0 Å². The summed E-state index contributed by atoms with van der Waals surface area (Å²) in [6.45, 7) is 20.2. The molecule has 3 nitrogen and oxygen atoms in total. The average Bonchev–Trinajstić information content (AvgIpc) is 2.64. The Balaban J connectivity index is 4.74. The second-order valence-electron chi connectivity index (χ2n) is 14.0. The molecule has 0 radical (unpaired) electrons. The third kappa shape index (κ3) is 20.0. The molecule has 0 aliphatic rings. The van der Waals surface area contributed by atoms with Gasteiger partial charge in [0, 0.05) is 0 Å². The summed E-state index contributed by atoms with van der Waals surface area (Å²) in [6, 6.07) is 0. The van der Waals surface area contributed by atoms with Crippen LogP contribution in [0, 0.1) is 16.2 Å². The summed E-state index contributed by atoms with van der Waals surface area (Å²) in [5.41, 5.74) is 0.943. The number of hydrogen-bond donors (Lipinski definition) is 0. The molecule has 34 heavy (non-hydrogen) atoms. The van der Waals surface area contributed by atoms with Gasteiger partial charge in [0.05, 0.1) is 0 Å². The Morgan fingerprint density at radius 3 is 0.853 bits per heavy atom. The van der Waals surface area contributed by atoms with Crippen LogP contribution in [0.3, 0.4) is 0 Å². The van der Waals surface area contributed by atoms with Crippen LogP contribution in [0.1, 0.15) is 159 Å². The first-order chi connectivity index (χ1) is 15.5. The molecular formula is C30H57O3Ti. The molecule has 0 aromatic carbocycles. The van der Waals surface area contributed by atoms with E-state index in [2.05, 4.69) is 62.3 Å². The van der Waals surface area contributed by atoms with E-state index in [0.717, 1.165) is 77.0 Å². The summed E-state index contributed by atoms with van der Waals surface area (Å²) >= 11 is -3.02. The van der Waals surface area contributed by atoms with Crippen LogP contribution in [0.25, 0.3) is 0 Å². The fourth-order valence-corrected chi connectivity index (χ4v) is 7.65.